The molecule has 2 aromatic rings. The van der Waals surface area contributed by atoms with Crippen LogP contribution < -0.4 is 10.8 Å². The average molecular weight is 293 g/mol. The monoisotopic (exact) mass is 293 g/mol. The third kappa shape index (κ3) is 4.20. The Morgan fingerprint density at radius 1 is 1.23 bits per heavy atom. The Kier molecular flexibility index (Phi) is 5.30. The molecule has 5 heteroatoms. The lowest BCUT2D eigenvalue weighted by molar-refractivity contribution is -0.124. The molecule has 0 spiro atoms. The van der Waals surface area contributed by atoms with E-state index in [0.29, 0.717) is 12.1 Å². The van der Waals surface area contributed by atoms with E-state index >= 15 is 0 Å². The highest BCUT2D eigenvalue weighted by Crippen LogP contribution is 2.18. The molecule has 0 atom stereocenters. The topological polar surface area (TPSA) is 85.2 Å². The predicted octanol–water partition coefficient (Wildman–Crippen LogP) is 2.69. The van der Waals surface area contributed by atoms with Crippen LogP contribution in [0.5, 0.6) is 0 Å². The van der Waals surface area contributed by atoms with Crippen LogP contribution >= 0.6 is 0 Å². The van der Waals surface area contributed by atoms with Gasteiger partial charge in [-0.2, -0.15) is 5.26 Å². The molecule has 0 radical (unpaired) electrons. The molecule has 0 fully saturated rings. The van der Waals surface area contributed by atoms with Gasteiger partial charge < -0.3 is 5.32 Å². The Hall–Kier alpha value is -3.10. The standard InChI is InChI=1S/C17H15N3O2/c18-11-13-4-3-5-14(10-13)12-19-16-7-2-1-6-15(16)8-9-17(21)20-22/h1-10,19,22H,12H2,(H,20,21)/b9-8+. The normalized spacial score (nSPS) is 10.2. The van der Waals surface area contributed by atoms with E-state index in [9.17, 15) is 4.79 Å². The molecule has 2 rings (SSSR count). The number of nitrogens with one attached hydrogen (secondary N) is 2. The van der Waals surface area contributed by atoms with E-state index < -0.39 is 5.91 Å². The third-order valence-corrected chi connectivity index (χ3v) is 3.02. The number of anilines is 1. The van der Waals surface area contributed by atoms with Crippen LogP contribution in [0.1, 0.15) is 16.7 Å². The first-order valence-electron chi connectivity index (χ1n) is 6.67. The van der Waals surface area contributed by atoms with Gasteiger partial charge in [-0.25, -0.2) is 5.48 Å². The molecular weight excluding hydrogens is 278 g/mol. The zero-order valence-corrected chi connectivity index (χ0v) is 11.8. The second-order valence-corrected chi connectivity index (χ2v) is 4.56. The van der Waals surface area contributed by atoms with Crippen LogP contribution in [0.15, 0.2) is 54.6 Å². The zero-order chi connectivity index (χ0) is 15.8. The lowest BCUT2D eigenvalue weighted by Gasteiger charge is -2.10. The molecule has 0 aliphatic heterocycles. The molecule has 0 aliphatic carbocycles. The summed E-state index contributed by atoms with van der Waals surface area (Å²) in [6.45, 7) is 0.562. The van der Waals surface area contributed by atoms with Gasteiger partial charge in [-0.3, -0.25) is 10.0 Å². The first-order valence-corrected chi connectivity index (χ1v) is 6.67. The molecule has 0 bridgehead atoms. The number of nitrogens with zero attached hydrogens (tertiary/aromatic N) is 1. The Morgan fingerprint density at radius 3 is 2.82 bits per heavy atom. The first kappa shape index (κ1) is 15.3. The number of carbonyl (C=O) groups excluding carboxylic acids is 1. The molecule has 0 heterocycles. The second kappa shape index (κ2) is 7.62. The van der Waals surface area contributed by atoms with Gasteiger partial charge in [0.15, 0.2) is 0 Å². The summed E-state index contributed by atoms with van der Waals surface area (Å²) in [5, 5.41) is 20.7. The minimum Gasteiger partial charge on any atom is -0.380 e. The lowest BCUT2D eigenvalue weighted by atomic mass is 10.1. The number of rotatable bonds is 5. The van der Waals surface area contributed by atoms with E-state index in [1.807, 2.05) is 42.5 Å². The summed E-state index contributed by atoms with van der Waals surface area (Å²) in [7, 11) is 0. The van der Waals surface area contributed by atoms with E-state index in [-0.39, 0.29) is 0 Å². The van der Waals surface area contributed by atoms with Crippen LogP contribution in [-0.2, 0) is 11.3 Å². The maximum absolute atomic E-state index is 11.0. The molecule has 0 saturated heterocycles. The van der Waals surface area contributed by atoms with Gasteiger partial charge in [0.25, 0.3) is 5.91 Å². The Morgan fingerprint density at radius 2 is 2.05 bits per heavy atom. The summed E-state index contributed by atoms with van der Waals surface area (Å²) in [5.74, 6) is -0.587. The van der Waals surface area contributed by atoms with Crippen LogP contribution in [0.25, 0.3) is 6.08 Å². The largest absolute Gasteiger partial charge is 0.380 e. The van der Waals surface area contributed by atoms with Gasteiger partial charge in [0.2, 0.25) is 0 Å². The van der Waals surface area contributed by atoms with E-state index in [1.54, 1.807) is 17.6 Å². The van der Waals surface area contributed by atoms with Gasteiger partial charge in [-0.15, -0.1) is 0 Å². The fourth-order valence-corrected chi connectivity index (χ4v) is 1.95. The fraction of sp³-hybridized carbons (Fsp3) is 0.0588. The van der Waals surface area contributed by atoms with Gasteiger partial charge in [0.1, 0.15) is 0 Å². The number of hydroxylamine groups is 1. The van der Waals surface area contributed by atoms with Gasteiger partial charge in [0, 0.05) is 18.3 Å². The highest BCUT2D eigenvalue weighted by atomic mass is 16.5. The molecule has 3 N–H and O–H groups in total. The number of benzene rings is 2. The van der Waals surface area contributed by atoms with Crippen LogP contribution in [-0.4, -0.2) is 11.1 Å². The minimum absolute atomic E-state index is 0.562. The number of para-hydroxylation sites is 1. The van der Waals surface area contributed by atoms with Crippen molar-refractivity contribution in [3.8, 4) is 6.07 Å². The number of nitriles is 1. The van der Waals surface area contributed by atoms with Crippen molar-refractivity contribution in [2.24, 2.45) is 0 Å². The Labute approximate surface area is 128 Å². The third-order valence-electron chi connectivity index (χ3n) is 3.02. The second-order valence-electron chi connectivity index (χ2n) is 4.56. The highest BCUT2D eigenvalue weighted by molar-refractivity contribution is 5.91. The maximum atomic E-state index is 11.0. The van der Waals surface area contributed by atoms with E-state index in [4.69, 9.17) is 10.5 Å². The number of amides is 1. The highest BCUT2D eigenvalue weighted by Gasteiger charge is 2.00. The molecule has 5 nitrogen and oxygen atoms in total. The number of hydrogen-bond acceptors (Lipinski definition) is 4. The number of hydrogen-bond donors (Lipinski definition) is 3. The van der Waals surface area contributed by atoms with Gasteiger partial charge in [-0.05, 0) is 35.4 Å². The van der Waals surface area contributed by atoms with Crippen molar-refractivity contribution >= 4 is 17.7 Å². The summed E-state index contributed by atoms with van der Waals surface area (Å²) in [6, 6.07) is 17.0. The molecule has 0 aliphatic rings. The molecule has 110 valence electrons. The fourth-order valence-electron chi connectivity index (χ4n) is 1.95. The Balaban J connectivity index is 2.11. The van der Waals surface area contributed by atoms with Gasteiger partial charge >= 0.3 is 0 Å². The van der Waals surface area contributed by atoms with Gasteiger partial charge in [0.05, 0.1) is 11.6 Å². The predicted molar refractivity (Wildman–Crippen MR) is 83.9 cm³/mol. The molecule has 0 aromatic heterocycles. The van der Waals surface area contributed by atoms with E-state index in [0.717, 1.165) is 16.8 Å². The molecular formula is C17H15N3O2. The molecule has 1 amide bonds. The summed E-state index contributed by atoms with van der Waals surface area (Å²) >= 11 is 0. The summed E-state index contributed by atoms with van der Waals surface area (Å²) in [5.41, 5.74) is 4.83. The molecule has 2 aromatic carbocycles. The zero-order valence-electron chi connectivity index (χ0n) is 11.8. The SMILES string of the molecule is N#Cc1cccc(CNc2ccccc2/C=C/C(=O)NO)c1. The van der Waals surface area contributed by atoms with Crippen LogP contribution in [0.3, 0.4) is 0 Å². The van der Waals surface area contributed by atoms with Crippen LogP contribution in [0, 0.1) is 11.3 Å². The molecule has 0 saturated carbocycles. The van der Waals surface area contributed by atoms with E-state index in [2.05, 4.69) is 11.4 Å². The summed E-state index contributed by atoms with van der Waals surface area (Å²) in [6.07, 6.45) is 2.86. The Bertz CT molecular complexity index is 733. The van der Waals surface area contributed by atoms with Crippen LogP contribution in [0.2, 0.25) is 0 Å². The minimum atomic E-state index is -0.587. The molecule has 22 heavy (non-hydrogen) atoms. The van der Waals surface area contributed by atoms with Crippen molar-refractivity contribution in [2.45, 2.75) is 6.54 Å². The summed E-state index contributed by atoms with van der Waals surface area (Å²) in [4.78, 5) is 11.0. The first-order chi connectivity index (χ1) is 10.7. The average Bonchev–Trinajstić information content (AvgIpc) is 2.58. The summed E-state index contributed by atoms with van der Waals surface area (Å²) < 4.78 is 0. The number of carbonyl (C=O) groups is 1. The molecule has 0 unspecified atom stereocenters. The van der Waals surface area contributed by atoms with Crippen molar-refractivity contribution < 1.29 is 10.0 Å². The van der Waals surface area contributed by atoms with Gasteiger partial charge in [-0.1, -0.05) is 30.3 Å². The van der Waals surface area contributed by atoms with Crippen molar-refractivity contribution in [2.75, 3.05) is 5.32 Å². The van der Waals surface area contributed by atoms with Crippen molar-refractivity contribution in [3.05, 3.63) is 71.3 Å². The smallest absolute Gasteiger partial charge is 0.267 e. The quantitative estimate of drug-likeness (QED) is 0.449. The van der Waals surface area contributed by atoms with E-state index in [1.165, 1.54) is 6.08 Å². The van der Waals surface area contributed by atoms with Crippen LogP contribution in [0.4, 0.5) is 5.69 Å². The maximum Gasteiger partial charge on any atom is 0.267 e. The van der Waals surface area contributed by atoms with Crippen molar-refractivity contribution in [3.63, 3.8) is 0 Å². The lowest BCUT2D eigenvalue weighted by Crippen LogP contribution is -2.14. The van der Waals surface area contributed by atoms with Crippen molar-refractivity contribution in [1.29, 1.82) is 5.26 Å². The van der Waals surface area contributed by atoms with Crippen molar-refractivity contribution in [1.82, 2.24) is 5.48 Å².